The Kier molecular flexibility index (Phi) is 3.17. The lowest BCUT2D eigenvalue weighted by Crippen LogP contribution is -2.24. The van der Waals surface area contributed by atoms with E-state index in [1.54, 1.807) is 17.9 Å². The molecular formula is C11H18N2O2. The minimum Gasteiger partial charge on any atom is -0.456 e. The van der Waals surface area contributed by atoms with E-state index in [0.717, 1.165) is 12.1 Å². The molecule has 15 heavy (non-hydrogen) atoms. The Hall–Kier alpha value is -1.32. The van der Waals surface area contributed by atoms with Crippen LogP contribution in [0.5, 0.6) is 0 Å². The number of aryl methyl sites for hydroxylation is 2. The van der Waals surface area contributed by atoms with Gasteiger partial charge in [-0.25, -0.2) is 4.79 Å². The summed E-state index contributed by atoms with van der Waals surface area (Å²) in [5, 5.41) is 4.20. The van der Waals surface area contributed by atoms with Gasteiger partial charge in [-0.2, -0.15) is 5.10 Å². The first-order valence-corrected chi connectivity index (χ1v) is 5.09. The lowest BCUT2D eigenvalue weighted by Gasteiger charge is -2.19. The van der Waals surface area contributed by atoms with Crippen LogP contribution in [0.3, 0.4) is 0 Å². The Morgan fingerprint density at radius 1 is 1.53 bits per heavy atom. The van der Waals surface area contributed by atoms with E-state index in [9.17, 15) is 4.79 Å². The van der Waals surface area contributed by atoms with Gasteiger partial charge in [0, 0.05) is 13.2 Å². The number of hydrogen-bond donors (Lipinski definition) is 0. The van der Waals surface area contributed by atoms with Crippen molar-refractivity contribution < 1.29 is 9.53 Å². The summed E-state index contributed by atoms with van der Waals surface area (Å²) in [5.74, 6) is -0.299. The first-order chi connectivity index (χ1) is 6.83. The van der Waals surface area contributed by atoms with Crippen LogP contribution in [0.4, 0.5) is 0 Å². The van der Waals surface area contributed by atoms with Gasteiger partial charge < -0.3 is 4.74 Å². The molecule has 0 fully saturated rings. The van der Waals surface area contributed by atoms with Crippen molar-refractivity contribution >= 4 is 5.97 Å². The van der Waals surface area contributed by atoms with Gasteiger partial charge in [-0.3, -0.25) is 4.68 Å². The molecule has 0 aliphatic heterocycles. The van der Waals surface area contributed by atoms with E-state index < -0.39 is 5.60 Å². The minimum absolute atomic E-state index is 0.299. The Labute approximate surface area is 90.2 Å². The van der Waals surface area contributed by atoms with Crippen LogP contribution in [0, 0.1) is 0 Å². The molecule has 0 amide bonds. The van der Waals surface area contributed by atoms with Gasteiger partial charge >= 0.3 is 5.97 Å². The van der Waals surface area contributed by atoms with Gasteiger partial charge in [0.2, 0.25) is 0 Å². The Bertz CT molecular complexity index is 361. The molecule has 1 aromatic heterocycles. The second-order valence-corrected chi connectivity index (χ2v) is 4.52. The zero-order valence-corrected chi connectivity index (χ0v) is 10.00. The topological polar surface area (TPSA) is 44.1 Å². The summed E-state index contributed by atoms with van der Waals surface area (Å²) in [4.78, 5) is 11.8. The molecule has 0 bridgehead atoms. The summed E-state index contributed by atoms with van der Waals surface area (Å²) in [7, 11) is 1.80. The van der Waals surface area contributed by atoms with Gasteiger partial charge in [-0.05, 0) is 27.2 Å². The summed E-state index contributed by atoms with van der Waals surface area (Å²) in [5.41, 5.74) is 0.888. The number of aromatic nitrogens is 2. The van der Waals surface area contributed by atoms with E-state index in [4.69, 9.17) is 4.74 Å². The fraction of sp³-hybridized carbons (Fsp3) is 0.636. The van der Waals surface area contributed by atoms with E-state index >= 15 is 0 Å². The average molecular weight is 210 g/mol. The monoisotopic (exact) mass is 210 g/mol. The second kappa shape index (κ2) is 4.04. The van der Waals surface area contributed by atoms with Crippen molar-refractivity contribution in [3.05, 3.63) is 17.5 Å². The highest BCUT2D eigenvalue weighted by Gasteiger charge is 2.21. The van der Waals surface area contributed by atoms with Gasteiger partial charge in [0.25, 0.3) is 0 Å². The lowest BCUT2D eigenvalue weighted by molar-refractivity contribution is 0.00683. The molecule has 0 aromatic carbocycles. The molecule has 0 saturated heterocycles. The molecule has 4 nitrogen and oxygen atoms in total. The predicted octanol–water partition coefficient (Wildman–Crippen LogP) is 1.94. The first-order valence-electron chi connectivity index (χ1n) is 5.09. The molecule has 0 spiro atoms. The number of carbonyl (C=O) groups excluding carboxylic acids is 1. The molecule has 0 aliphatic carbocycles. The normalized spacial score (nSPS) is 11.5. The quantitative estimate of drug-likeness (QED) is 0.701. The van der Waals surface area contributed by atoms with Gasteiger partial charge in [0.1, 0.15) is 11.2 Å². The van der Waals surface area contributed by atoms with Crippen LogP contribution in [0.15, 0.2) is 6.20 Å². The van der Waals surface area contributed by atoms with Crippen molar-refractivity contribution in [2.45, 2.75) is 39.7 Å². The van der Waals surface area contributed by atoms with Crippen LogP contribution >= 0.6 is 0 Å². The summed E-state index contributed by atoms with van der Waals surface area (Å²) >= 11 is 0. The van der Waals surface area contributed by atoms with Crippen LogP contribution in [0.1, 0.15) is 43.7 Å². The number of nitrogens with zero attached hydrogens (tertiary/aromatic N) is 2. The maximum absolute atomic E-state index is 11.8. The number of hydrogen-bond acceptors (Lipinski definition) is 3. The Morgan fingerprint density at radius 3 is 2.60 bits per heavy atom. The molecule has 0 saturated carbocycles. The largest absolute Gasteiger partial charge is 0.456 e. The molecule has 1 aromatic rings. The highest BCUT2D eigenvalue weighted by molar-refractivity contribution is 5.90. The molecule has 0 N–H and O–H groups in total. The van der Waals surface area contributed by atoms with E-state index in [1.807, 2.05) is 27.7 Å². The SMILES string of the molecule is CCc1nn(C)cc1C(=O)OC(C)(C)C. The van der Waals surface area contributed by atoms with Crippen LogP contribution < -0.4 is 0 Å². The van der Waals surface area contributed by atoms with Crippen LogP contribution in [0.25, 0.3) is 0 Å². The molecule has 0 atom stereocenters. The third kappa shape index (κ3) is 3.08. The molecule has 0 radical (unpaired) electrons. The summed E-state index contributed by atoms with van der Waals surface area (Å²) in [6.45, 7) is 7.53. The molecule has 4 heteroatoms. The van der Waals surface area contributed by atoms with Crippen molar-refractivity contribution in [1.29, 1.82) is 0 Å². The second-order valence-electron chi connectivity index (χ2n) is 4.52. The summed E-state index contributed by atoms with van der Waals surface area (Å²) in [6.07, 6.45) is 2.43. The summed E-state index contributed by atoms with van der Waals surface area (Å²) < 4.78 is 6.92. The van der Waals surface area contributed by atoms with Gasteiger partial charge in [-0.1, -0.05) is 6.92 Å². The number of rotatable bonds is 2. The summed E-state index contributed by atoms with van der Waals surface area (Å²) in [6, 6.07) is 0. The molecule has 1 rings (SSSR count). The first kappa shape index (κ1) is 11.8. The fourth-order valence-corrected chi connectivity index (χ4v) is 1.30. The smallest absolute Gasteiger partial charge is 0.342 e. The molecule has 0 unspecified atom stereocenters. The third-order valence-electron chi connectivity index (χ3n) is 1.86. The Morgan fingerprint density at radius 2 is 2.13 bits per heavy atom. The van der Waals surface area contributed by atoms with E-state index in [-0.39, 0.29) is 5.97 Å². The van der Waals surface area contributed by atoms with E-state index in [2.05, 4.69) is 5.10 Å². The zero-order chi connectivity index (χ0) is 11.6. The number of carbonyl (C=O) groups is 1. The predicted molar refractivity (Wildman–Crippen MR) is 57.8 cm³/mol. The van der Waals surface area contributed by atoms with Gasteiger partial charge in [0.05, 0.1) is 5.69 Å². The average Bonchev–Trinajstić information content (AvgIpc) is 2.43. The van der Waals surface area contributed by atoms with Gasteiger partial charge in [0.15, 0.2) is 0 Å². The number of ether oxygens (including phenoxy) is 1. The van der Waals surface area contributed by atoms with Crippen molar-refractivity contribution in [3.63, 3.8) is 0 Å². The molecule has 1 heterocycles. The Balaban J connectivity index is 2.91. The minimum atomic E-state index is -0.460. The standard InChI is InChI=1S/C11H18N2O2/c1-6-9-8(7-13(5)12-9)10(14)15-11(2,3)4/h7H,6H2,1-5H3. The third-order valence-corrected chi connectivity index (χ3v) is 1.86. The van der Waals surface area contributed by atoms with Crippen molar-refractivity contribution in [2.24, 2.45) is 7.05 Å². The fourth-order valence-electron chi connectivity index (χ4n) is 1.30. The van der Waals surface area contributed by atoms with Crippen molar-refractivity contribution in [1.82, 2.24) is 9.78 Å². The van der Waals surface area contributed by atoms with Crippen molar-refractivity contribution in [2.75, 3.05) is 0 Å². The van der Waals surface area contributed by atoms with Crippen LogP contribution in [-0.4, -0.2) is 21.4 Å². The highest BCUT2D eigenvalue weighted by Crippen LogP contribution is 2.14. The molecule has 0 aliphatic rings. The number of esters is 1. The van der Waals surface area contributed by atoms with Gasteiger partial charge in [-0.15, -0.1) is 0 Å². The van der Waals surface area contributed by atoms with Crippen LogP contribution in [-0.2, 0) is 18.2 Å². The van der Waals surface area contributed by atoms with Crippen LogP contribution in [0.2, 0.25) is 0 Å². The zero-order valence-electron chi connectivity index (χ0n) is 10.00. The molecule has 84 valence electrons. The highest BCUT2D eigenvalue weighted by atomic mass is 16.6. The molecular weight excluding hydrogens is 192 g/mol. The van der Waals surface area contributed by atoms with Crippen molar-refractivity contribution in [3.8, 4) is 0 Å². The maximum Gasteiger partial charge on any atom is 0.342 e. The maximum atomic E-state index is 11.8. The van der Waals surface area contributed by atoms with E-state index in [0.29, 0.717) is 5.56 Å². The lowest BCUT2D eigenvalue weighted by atomic mass is 10.1. The van der Waals surface area contributed by atoms with E-state index in [1.165, 1.54) is 0 Å².